The lowest BCUT2D eigenvalue weighted by atomic mass is 10.1. The summed E-state index contributed by atoms with van der Waals surface area (Å²) in [4.78, 5) is 4.40. The van der Waals surface area contributed by atoms with Crippen LogP contribution in [0.25, 0.3) is 16.7 Å². The first-order valence-corrected chi connectivity index (χ1v) is 7.01. The first-order chi connectivity index (χ1) is 10.2. The Morgan fingerprint density at radius 1 is 1.24 bits per heavy atom. The molecule has 1 heterocycles. The molecule has 4 nitrogen and oxygen atoms in total. The van der Waals surface area contributed by atoms with E-state index in [0.29, 0.717) is 11.5 Å². The predicted octanol–water partition coefficient (Wildman–Crippen LogP) is 3.43. The molecule has 0 aliphatic rings. The number of hydrogen-bond acceptors (Lipinski definition) is 3. The molecule has 104 valence electrons. The van der Waals surface area contributed by atoms with Crippen LogP contribution >= 0.6 is 0 Å². The quantitative estimate of drug-likeness (QED) is 0.796. The monoisotopic (exact) mass is 276 g/mol. The van der Waals surface area contributed by atoms with Crippen LogP contribution in [0.3, 0.4) is 0 Å². The van der Waals surface area contributed by atoms with Gasteiger partial charge in [0.1, 0.15) is 0 Å². The molecule has 1 aromatic heterocycles. The number of nitrogen functional groups attached to an aromatic ring is 1. The number of fused-ring (bicyclic) bond motifs is 1. The van der Waals surface area contributed by atoms with Crippen molar-refractivity contribution in [2.75, 3.05) is 5.73 Å². The highest BCUT2D eigenvalue weighted by Gasteiger charge is 2.13. The van der Waals surface area contributed by atoms with Crippen molar-refractivity contribution < 1.29 is 0 Å². The molecule has 0 aliphatic carbocycles. The first kappa shape index (κ1) is 13.2. The minimum absolute atomic E-state index is 0.448. The maximum Gasteiger partial charge on any atom is 0.205 e. The van der Waals surface area contributed by atoms with Crippen molar-refractivity contribution in [1.29, 1.82) is 5.26 Å². The van der Waals surface area contributed by atoms with Gasteiger partial charge in [-0.15, -0.1) is 0 Å². The van der Waals surface area contributed by atoms with E-state index in [1.165, 1.54) is 5.56 Å². The Labute approximate surface area is 123 Å². The fraction of sp³-hybridized carbons (Fsp3) is 0.176. The standard InChI is InChI=1S/C17H16N4/c1-2-5-13-6-3-4-7-15(13)21-16-10-12(11-18)8-9-14(16)20-17(21)19/h3-4,6-10H,2,5H2,1H3,(H2,19,20). The third-order valence-corrected chi connectivity index (χ3v) is 3.56. The maximum absolute atomic E-state index is 9.09. The van der Waals surface area contributed by atoms with Gasteiger partial charge < -0.3 is 5.73 Å². The Balaban J connectivity index is 2.30. The highest BCUT2D eigenvalue weighted by Crippen LogP contribution is 2.26. The number of para-hydroxylation sites is 1. The highest BCUT2D eigenvalue weighted by molar-refractivity contribution is 5.82. The second-order valence-electron chi connectivity index (χ2n) is 5.00. The zero-order valence-electron chi connectivity index (χ0n) is 11.9. The lowest BCUT2D eigenvalue weighted by Gasteiger charge is -2.12. The van der Waals surface area contributed by atoms with E-state index in [4.69, 9.17) is 11.0 Å². The number of aromatic nitrogens is 2. The lowest BCUT2D eigenvalue weighted by molar-refractivity contribution is 0.905. The smallest absolute Gasteiger partial charge is 0.205 e. The first-order valence-electron chi connectivity index (χ1n) is 7.01. The van der Waals surface area contributed by atoms with Gasteiger partial charge in [0.05, 0.1) is 28.4 Å². The Morgan fingerprint density at radius 3 is 2.81 bits per heavy atom. The number of hydrogen-bond donors (Lipinski definition) is 1. The van der Waals surface area contributed by atoms with Crippen molar-refractivity contribution in [3.05, 3.63) is 53.6 Å². The largest absolute Gasteiger partial charge is 0.369 e. The van der Waals surface area contributed by atoms with Gasteiger partial charge in [0.25, 0.3) is 0 Å². The number of imidazole rings is 1. The van der Waals surface area contributed by atoms with Crippen molar-refractivity contribution in [1.82, 2.24) is 9.55 Å². The molecule has 4 heteroatoms. The number of anilines is 1. The number of aryl methyl sites for hydroxylation is 1. The minimum Gasteiger partial charge on any atom is -0.369 e. The van der Waals surface area contributed by atoms with Crippen molar-refractivity contribution in [3.8, 4) is 11.8 Å². The van der Waals surface area contributed by atoms with Gasteiger partial charge in [-0.3, -0.25) is 4.57 Å². The fourth-order valence-corrected chi connectivity index (χ4v) is 2.63. The Hall–Kier alpha value is -2.80. The zero-order valence-corrected chi connectivity index (χ0v) is 11.9. The average molecular weight is 276 g/mol. The molecule has 0 unspecified atom stereocenters. The molecule has 0 spiro atoms. The third-order valence-electron chi connectivity index (χ3n) is 3.56. The van der Waals surface area contributed by atoms with Gasteiger partial charge >= 0.3 is 0 Å². The summed E-state index contributed by atoms with van der Waals surface area (Å²) in [6, 6.07) is 15.8. The Kier molecular flexibility index (Phi) is 3.33. The molecule has 2 aromatic carbocycles. The van der Waals surface area contributed by atoms with Crippen LogP contribution in [0.5, 0.6) is 0 Å². The van der Waals surface area contributed by atoms with E-state index < -0.39 is 0 Å². The lowest BCUT2D eigenvalue weighted by Crippen LogP contribution is -2.04. The van der Waals surface area contributed by atoms with Gasteiger partial charge in [0.15, 0.2) is 0 Å². The Morgan fingerprint density at radius 2 is 2.05 bits per heavy atom. The third kappa shape index (κ3) is 2.23. The van der Waals surface area contributed by atoms with Crippen LogP contribution in [-0.4, -0.2) is 9.55 Å². The fourth-order valence-electron chi connectivity index (χ4n) is 2.63. The minimum atomic E-state index is 0.448. The Bertz CT molecular complexity index is 840. The second kappa shape index (κ2) is 5.29. The van der Waals surface area contributed by atoms with Crippen LogP contribution in [-0.2, 0) is 6.42 Å². The van der Waals surface area contributed by atoms with Gasteiger partial charge in [-0.1, -0.05) is 31.5 Å². The van der Waals surface area contributed by atoms with E-state index in [-0.39, 0.29) is 0 Å². The molecule has 0 amide bonds. The second-order valence-corrected chi connectivity index (χ2v) is 5.00. The van der Waals surface area contributed by atoms with Crippen LogP contribution in [0.15, 0.2) is 42.5 Å². The number of nitrogens with zero attached hydrogens (tertiary/aromatic N) is 3. The molecule has 0 fully saturated rings. The molecule has 21 heavy (non-hydrogen) atoms. The van der Waals surface area contributed by atoms with Gasteiger partial charge in [0, 0.05) is 0 Å². The summed E-state index contributed by atoms with van der Waals surface area (Å²) in [5.41, 5.74) is 10.7. The van der Waals surface area contributed by atoms with Crippen LogP contribution in [0.2, 0.25) is 0 Å². The predicted molar refractivity (Wildman–Crippen MR) is 84.2 cm³/mol. The summed E-state index contributed by atoms with van der Waals surface area (Å²) < 4.78 is 1.93. The normalized spacial score (nSPS) is 10.7. The summed E-state index contributed by atoms with van der Waals surface area (Å²) >= 11 is 0. The van der Waals surface area contributed by atoms with Gasteiger partial charge in [-0.2, -0.15) is 5.26 Å². The van der Waals surface area contributed by atoms with Gasteiger partial charge in [-0.25, -0.2) is 4.98 Å². The summed E-state index contributed by atoms with van der Waals surface area (Å²) in [5, 5.41) is 9.09. The van der Waals surface area contributed by atoms with Gasteiger partial charge in [0.2, 0.25) is 5.95 Å². The van der Waals surface area contributed by atoms with Crippen LogP contribution < -0.4 is 5.73 Å². The number of benzene rings is 2. The molecular weight excluding hydrogens is 260 g/mol. The van der Waals surface area contributed by atoms with E-state index in [1.807, 2.05) is 34.9 Å². The van der Waals surface area contributed by atoms with E-state index in [1.54, 1.807) is 6.07 Å². The summed E-state index contributed by atoms with van der Waals surface area (Å²) in [6.45, 7) is 2.15. The maximum atomic E-state index is 9.09. The summed E-state index contributed by atoms with van der Waals surface area (Å²) in [7, 11) is 0. The van der Waals surface area contributed by atoms with E-state index in [0.717, 1.165) is 29.6 Å². The molecule has 3 aromatic rings. The van der Waals surface area contributed by atoms with Crippen molar-refractivity contribution in [2.45, 2.75) is 19.8 Å². The average Bonchev–Trinajstić information content (AvgIpc) is 2.83. The highest BCUT2D eigenvalue weighted by atomic mass is 15.2. The van der Waals surface area contributed by atoms with E-state index in [9.17, 15) is 0 Å². The number of nitriles is 1. The molecular formula is C17H16N4. The molecule has 0 radical (unpaired) electrons. The SMILES string of the molecule is CCCc1ccccc1-n1c(N)nc2ccc(C#N)cc21. The number of nitrogens with two attached hydrogens (primary N) is 1. The van der Waals surface area contributed by atoms with E-state index in [2.05, 4.69) is 24.0 Å². The topological polar surface area (TPSA) is 67.6 Å². The van der Waals surface area contributed by atoms with Crippen LogP contribution in [0.4, 0.5) is 5.95 Å². The van der Waals surface area contributed by atoms with Crippen LogP contribution in [0, 0.1) is 11.3 Å². The van der Waals surface area contributed by atoms with Gasteiger partial charge in [-0.05, 0) is 36.2 Å². The molecule has 0 atom stereocenters. The van der Waals surface area contributed by atoms with Crippen molar-refractivity contribution >= 4 is 17.0 Å². The molecule has 0 aliphatic heterocycles. The molecule has 0 bridgehead atoms. The zero-order chi connectivity index (χ0) is 14.8. The van der Waals surface area contributed by atoms with Crippen molar-refractivity contribution in [2.24, 2.45) is 0 Å². The summed E-state index contributed by atoms with van der Waals surface area (Å²) in [5.74, 6) is 0.448. The molecule has 3 rings (SSSR count). The van der Waals surface area contributed by atoms with Crippen molar-refractivity contribution in [3.63, 3.8) is 0 Å². The molecule has 0 saturated carbocycles. The number of rotatable bonds is 3. The van der Waals surface area contributed by atoms with Crippen LogP contribution in [0.1, 0.15) is 24.5 Å². The van der Waals surface area contributed by atoms with E-state index >= 15 is 0 Å². The summed E-state index contributed by atoms with van der Waals surface area (Å²) in [6.07, 6.45) is 2.04. The molecule has 0 saturated heterocycles. The molecule has 2 N–H and O–H groups in total.